The van der Waals surface area contributed by atoms with Crippen molar-refractivity contribution in [3.05, 3.63) is 18.0 Å². The monoisotopic (exact) mass is 237 g/mol. The number of nitrogens with zero attached hydrogens (tertiary/aromatic N) is 2. The van der Waals surface area contributed by atoms with E-state index in [9.17, 15) is 0 Å². The normalized spacial score (nSPS) is 20.6. The number of hydrogen-bond acceptors (Lipinski definition) is 3. The molecule has 17 heavy (non-hydrogen) atoms. The molecule has 0 aromatic carbocycles. The highest BCUT2D eigenvalue weighted by atomic mass is 16.5. The first-order valence-corrected chi connectivity index (χ1v) is 6.49. The molecule has 1 aliphatic carbocycles. The van der Waals surface area contributed by atoms with Gasteiger partial charge in [0.1, 0.15) is 0 Å². The number of rotatable bonds is 5. The van der Waals surface area contributed by atoms with Crippen LogP contribution in [0.5, 0.6) is 0 Å². The number of hydrogen-bond donors (Lipinski definition) is 1. The number of aryl methyl sites for hydroxylation is 1. The van der Waals surface area contributed by atoms with Crippen LogP contribution in [-0.2, 0) is 11.8 Å². The number of methoxy groups -OCH3 is 1. The minimum absolute atomic E-state index is 0.0426. The average Bonchev–Trinajstić information content (AvgIpc) is 2.95. The van der Waals surface area contributed by atoms with E-state index in [1.165, 1.54) is 18.4 Å². The van der Waals surface area contributed by atoms with Gasteiger partial charge in [-0.25, -0.2) is 0 Å². The summed E-state index contributed by atoms with van der Waals surface area (Å²) in [5.41, 5.74) is 1.19. The number of likely N-dealkylation sites (N-methyl/N-ethyl adjacent to an activating group) is 1. The van der Waals surface area contributed by atoms with Crippen molar-refractivity contribution < 1.29 is 4.74 Å². The Morgan fingerprint density at radius 1 is 1.53 bits per heavy atom. The summed E-state index contributed by atoms with van der Waals surface area (Å²) in [7, 11) is 3.80. The van der Waals surface area contributed by atoms with Gasteiger partial charge < -0.3 is 10.1 Å². The molecule has 0 spiro atoms. The molecule has 1 aromatic heterocycles. The van der Waals surface area contributed by atoms with E-state index in [0.717, 1.165) is 19.4 Å². The maximum Gasteiger partial charge on any atom is 0.0873 e. The van der Waals surface area contributed by atoms with E-state index in [4.69, 9.17) is 4.74 Å². The van der Waals surface area contributed by atoms with Crippen molar-refractivity contribution in [2.75, 3.05) is 13.7 Å². The van der Waals surface area contributed by atoms with Crippen LogP contribution >= 0.6 is 0 Å². The van der Waals surface area contributed by atoms with Gasteiger partial charge >= 0.3 is 0 Å². The number of nitrogens with one attached hydrogen (secondary N) is 1. The van der Waals surface area contributed by atoms with Gasteiger partial charge in [0.05, 0.1) is 17.8 Å². The van der Waals surface area contributed by atoms with E-state index in [1.54, 1.807) is 0 Å². The van der Waals surface area contributed by atoms with Gasteiger partial charge in [-0.2, -0.15) is 5.10 Å². The molecule has 0 amide bonds. The molecule has 0 aliphatic heterocycles. The molecular formula is C13H23N3O. The Morgan fingerprint density at radius 3 is 2.71 bits per heavy atom. The predicted molar refractivity (Wildman–Crippen MR) is 67.8 cm³/mol. The third-order valence-corrected chi connectivity index (χ3v) is 3.85. The SMILES string of the molecule is CCNC(c1cnn(C)c1)C1(OC)CCCC1. The van der Waals surface area contributed by atoms with Crippen LogP contribution in [0.2, 0.25) is 0 Å². The van der Waals surface area contributed by atoms with Crippen molar-refractivity contribution in [3.8, 4) is 0 Å². The third kappa shape index (κ3) is 2.38. The van der Waals surface area contributed by atoms with Crippen LogP contribution in [0.1, 0.15) is 44.2 Å². The summed E-state index contributed by atoms with van der Waals surface area (Å²) in [5, 5.41) is 7.85. The largest absolute Gasteiger partial charge is 0.376 e. The van der Waals surface area contributed by atoms with Gasteiger partial charge in [0.25, 0.3) is 0 Å². The lowest BCUT2D eigenvalue weighted by molar-refractivity contribution is -0.0364. The molecule has 1 aliphatic rings. The zero-order chi connectivity index (χ0) is 12.3. The molecule has 0 radical (unpaired) electrons. The molecule has 0 saturated heterocycles. The molecular weight excluding hydrogens is 214 g/mol. The summed E-state index contributed by atoms with van der Waals surface area (Å²) in [6, 6.07) is 0.258. The minimum atomic E-state index is -0.0426. The second kappa shape index (κ2) is 5.19. The van der Waals surface area contributed by atoms with Crippen molar-refractivity contribution in [2.24, 2.45) is 7.05 Å². The van der Waals surface area contributed by atoms with E-state index >= 15 is 0 Å². The van der Waals surface area contributed by atoms with Crippen molar-refractivity contribution in [1.29, 1.82) is 0 Å². The third-order valence-electron chi connectivity index (χ3n) is 3.85. The Balaban J connectivity index is 2.27. The van der Waals surface area contributed by atoms with E-state index in [2.05, 4.69) is 23.5 Å². The molecule has 1 N–H and O–H groups in total. The summed E-state index contributed by atoms with van der Waals surface area (Å²) >= 11 is 0. The van der Waals surface area contributed by atoms with E-state index in [0.29, 0.717) is 0 Å². The zero-order valence-corrected chi connectivity index (χ0v) is 11.1. The Hall–Kier alpha value is -0.870. The van der Waals surface area contributed by atoms with Crippen LogP contribution < -0.4 is 5.32 Å². The van der Waals surface area contributed by atoms with Crippen molar-refractivity contribution >= 4 is 0 Å². The maximum absolute atomic E-state index is 5.88. The second-order valence-corrected chi connectivity index (χ2v) is 4.91. The molecule has 4 heteroatoms. The summed E-state index contributed by atoms with van der Waals surface area (Å²) in [6.07, 6.45) is 8.83. The molecule has 4 nitrogen and oxygen atoms in total. The lowest BCUT2D eigenvalue weighted by Gasteiger charge is -2.36. The van der Waals surface area contributed by atoms with Gasteiger partial charge in [0.2, 0.25) is 0 Å². The summed E-state index contributed by atoms with van der Waals surface area (Å²) in [5.74, 6) is 0. The lowest BCUT2D eigenvalue weighted by Crippen LogP contribution is -2.43. The molecule has 1 unspecified atom stereocenters. The van der Waals surface area contributed by atoms with Crippen LogP contribution in [0.3, 0.4) is 0 Å². The Morgan fingerprint density at radius 2 is 2.24 bits per heavy atom. The van der Waals surface area contributed by atoms with Crippen LogP contribution in [0, 0.1) is 0 Å². The van der Waals surface area contributed by atoms with Gasteiger partial charge in [0, 0.05) is 25.9 Å². The van der Waals surface area contributed by atoms with Crippen LogP contribution in [0.15, 0.2) is 12.4 Å². The maximum atomic E-state index is 5.88. The van der Waals surface area contributed by atoms with E-state index in [-0.39, 0.29) is 11.6 Å². The molecule has 1 heterocycles. The quantitative estimate of drug-likeness (QED) is 0.851. The van der Waals surface area contributed by atoms with E-state index < -0.39 is 0 Å². The number of aromatic nitrogens is 2. The van der Waals surface area contributed by atoms with Gasteiger partial charge in [-0.15, -0.1) is 0 Å². The standard InChI is InChI=1S/C13H23N3O/c1-4-14-12(11-9-15-16(2)10-11)13(17-3)7-5-6-8-13/h9-10,12,14H,4-8H2,1-3H3. The Bertz CT molecular complexity index is 355. The fraction of sp³-hybridized carbons (Fsp3) is 0.769. The van der Waals surface area contributed by atoms with Crippen LogP contribution in [-0.4, -0.2) is 29.0 Å². The molecule has 2 rings (SSSR count). The summed E-state index contributed by atoms with van der Waals surface area (Å²) < 4.78 is 7.74. The van der Waals surface area contributed by atoms with Gasteiger partial charge in [-0.1, -0.05) is 19.8 Å². The topological polar surface area (TPSA) is 39.1 Å². The highest BCUT2D eigenvalue weighted by Gasteiger charge is 2.42. The van der Waals surface area contributed by atoms with E-state index in [1.807, 2.05) is 25.0 Å². The van der Waals surface area contributed by atoms with Crippen LogP contribution in [0.4, 0.5) is 0 Å². The molecule has 96 valence electrons. The van der Waals surface area contributed by atoms with Crippen LogP contribution in [0.25, 0.3) is 0 Å². The first-order valence-electron chi connectivity index (χ1n) is 6.49. The smallest absolute Gasteiger partial charge is 0.0873 e. The van der Waals surface area contributed by atoms with Crippen molar-refractivity contribution in [3.63, 3.8) is 0 Å². The van der Waals surface area contributed by atoms with Crippen molar-refractivity contribution in [2.45, 2.75) is 44.2 Å². The molecule has 1 aromatic rings. The second-order valence-electron chi connectivity index (χ2n) is 4.91. The molecule has 0 bridgehead atoms. The first kappa shape index (κ1) is 12.6. The molecule has 1 fully saturated rings. The Labute approximate surface area is 103 Å². The predicted octanol–water partition coefficient (Wildman–Crippen LogP) is 2.03. The number of ether oxygens (including phenoxy) is 1. The molecule has 1 saturated carbocycles. The lowest BCUT2D eigenvalue weighted by atomic mass is 9.88. The fourth-order valence-electron chi connectivity index (χ4n) is 2.99. The van der Waals surface area contributed by atoms with Gasteiger partial charge in [0.15, 0.2) is 0 Å². The highest BCUT2D eigenvalue weighted by molar-refractivity contribution is 5.17. The minimum Gasteiger partial charge on any atom is -0.376 e. The van der Waals surface area contributed by atoms with Gasteiger partial charge in [-0.3, -0.25) is 4.68 Å². The van der Waals surface area contributed by atoms with Crippen molar-refractivity contribution in [1.82, 2.24) is 15.1 Å². The molecule has 1 atom stereocenters. The first-order chi connectivity index (χ1) is 8.22. The van der Waals surface area contributed by atoms with Gasteiger partial charge in [-0.05, 0) is 19.4 Å². The average molecular weight is 237 g/mol. The Kier molecular flexibility index (Phi) is 3.84. The fourth-order valence-corrected chi connectivity index (χ4v) is 2.99. The summed E-state index contributed by atoms with van der Waals surface area (Å²) in [4.78, 5) is 0. The zero-order valence-electron chi connectivity index (χ0n) is 11.1. The summed E-state index contributed by atoms with van der Waals surface area (Å²) in [6.45, 7) is 3.09. The highest BCUT2D eigenvalue weighted by Crippen LogP contribution is 2.42.